The van der Waals surface area contributed by atoms with Crippen molar-refractivity contribution >= 4 is 17.3 Å². The second kappa shape index (κ2) is 4.04. The molecule has 0 radical (unpaired) electrons. The molecule has 0 spiro atoms. The van der Waals surface area contributed by atoms with Crippen LogP contribution < -0.4 is 0 Å². The number of hydrogen-bond donors (Lipinski definition) is 0. The minimum absolute atomic E-state index is 0.168. The lowest BCUT2D eigenvalue weighted by Gasteiger charge is -2.28. The average molecular weight is 241 g/mol. The van der Waals surface area contributed by atoms with E-state index in [0.29, 0.717) is 0 Å². The van der Waals surface area contributed by atoms with Crippen molar-refractivity contribution in [3.8, 4) is 0 Å². The number of aliphatic imine (C=N–C) groups is 1. The number of halogens is 4. The molecule has 0 saturated heterocycles. The minimum Gasteiger partial charge on any atom is -0.346 e. The van der Waals surface area contributed by atoms with E-state index in [1.807, 2.05) is 0 Å². The van der Waals surface area contributed by atoms with E-state index in [2.05, 4.69) is 4.99 Å². The summed E-state index contributed by atoms with van der Waals surface area (Å²) in [7, 11) is 1.59. The van der Waals surface area contributed by atoms with Crippen LogP contribution in [0.4, 0.5) is 13.2 Å². The van der Waals surface area contributed by atoms with Crippen LogP contribution in [0.25, 0.3) is 0 Å². The summed E-state index contributed by atoms with van der Waals surface area (Å²) in [6, 6.07) is 0. The van der Waals surface area contributed by atoms with Crippen molar-refractivity contribution in [3.63, 3.8) is 0 Å². The van der Waals surface area contributed by atoms with Gasteiger partial charge in [-0.25, -0.2) is 4.99 Å². The molecule has 1 rings (SSSR count). The monoisotopic (exact) mass is 240 g/mol. The highest BCUT2D eigenvalue weighted by Crippen LogP contribution is 2.30. The third-order valence-electron chi connectivity index (χ3n) is 2.08. The second-order valence-corrected chi connectivity index (χ2v) is 4.08. The van der Waals surface area contributed by atoms with Crippen molar-refractivity contribution in [2.45, 2.75) is 25.6 Å². The molecule has 0 aromatic heterocycles. The molecule has 1 unspecified atom stereocenters. The molecule has 1 aliphatic rings. The fraction of sp³-hybridized carbons (Fsp3) is 0.667. The smallest absolute Gasteiger partial charge is 0.346 e. The second-order valence-electron chi connectivity index (χ2n) is 3.69. The minimum atomic E-state index is -4.44. The van der Waals surface area contributed by atoms with Gasteiger partial charge in [0.15, 0.2) is 5.62 Å². The molecule has 1 atom stereocenters. The van der Waals surface area contributed by atoms with Crippen LogP contribution in [-0.2, 0) is 0 Å². The molecule has 86 valence electrons. The van der Waals surface area contributed by atoms with Crippen molar-refractivity contribution in [2.24, 2.45) is 10.9 Å². The zero-order valence-corrected chi connectivity index (χ0v) is 9.39. The highest BCUT2D eigenvalue weighted by Gasteiger charge is 2.41. The highest BCUT2D eigenvalue weighted by atomic mass is 35.5. The third kappa shape index (κ3) is 2.65. The lowest BCUT2D eigenvalue weighted by Crippen LogP contribution is -2.36. The first kappa shape index (κ1) is 12.4. The maximum Gasteiger partial charge on any atom is 0.433 e. The number of nitrogens with zero attached hydrogens (tertiary/aromatic N) is 2. The Labute approximate surface area is 91.4 Å². The van der Waals surface area contributed by atoms with Gasteiger partial charge in [-0.05, 0) is 5.92 Å². The summed E-state index contributed by atoms with van der Waals surface area (Å²) in [5.41, 5.74) is -1.68. The van der Waals surface area contributed by atoms with Crippen LogP contribution >= 0.6 is 11.6 Å². The van der Waals surface area contributed by atoms with Crippen molar-refractivity contribution < 1.29 is 13.2 Å². The maximum absolute atomic E-state index is 12.6. The number of rotatable bonds is 1. The van der Waals surface area contributed by atoms with Gasteiger partial charge in [-0.3, -0.25) is 0 Å². The molecule has 0 bridgehead atoms. The molecule has 6 heteroatoms. The molecule has 1 aliphatic heterocycles. The summed E-state index contributed by atoms with van der Waals surface area (Å²) >= 11 is 5.63. The molecule has 0 aromatic rings. The van der Waals surface area contributed by atoms with Crippen LogP contribution in [0, 0.1) is 5.92 Å². The van der Waals surface area contributed by atoms with Crippen molar-refractivity contribution in [2.75, 3.05) is 7.05 Å². The third-order valence-corrected chi connectivity index (χ3v) is 2.48. The Balaban J connectivity index is 3.12. The Morgan fingerprint density at radius 3 is 2.40 bits per heavy atom. The van der Waals surface area contributed by atoms with Crippen molar-refractivity contribution in [1.29, 1.82) is 0 Å². The van der Waals surface area contributed by atoms with Gasteiger partial charge in [0, 0.05) is 18.8 Å². The highest BCUT2D eigenvalue weighted by molar-refractivity contribution is 6.22. The lowest BCUT2D eigenvalue weighted by atomic mass is 9.98. The molecule has 0 saturated carbocycles. The molecule has 0 fully saturated rings. The summed E-state index contributed by atoms with van der Waals surface area (Å²) in [5, 5.41) is 0. The fourth-order valence-electron chi connectivity index (χ4n) is 1.27. The lowest BCUT2D eigenvalue weighted by molar-refractivity contribution is -0.0594. The zero-order chi connectivity index (χ0) is 11.8. The van der Waals surface area contributed by atoms with Crippen LogP contribution in [0.3, 0.4) is 0 Å². The Kier molecular flexibility index (Phi) is 3.33. The Bertz CT molecular complexity index is 307. The van der Waals surface area contributed by atoms with Gasteiger partial charge in [-0.15, -0.1) is 0 Å². The SMILES string of the molecule is CC(C)C1=CN(C)C(Cl)N=C1C(F)(F)F. The zero-order valence-electron chi connectivity index (χ0n) is 8.64. The van der Waals surface area contributed by atoms with Gasteiger partial charge in [0.1, 0.15) is 5.71 Å². The first-order valence-corrected chi connectivity index (χ1v) is 4.90. The number of alkyl halides is 4. The molecule has 0 amide bonds. The van der Waals surface area contributed by atoms with Crippen LogP contribution in [0.1, 0.15) is 13.8 Å². The van der Waals surface area contributed by atoms with E-state index in [1.165, 1.54) is 11.1 Å². The van der Waals surface area contributed by atoms with Gasteiger partial charge in [0.25, 0.3) is 0 Å². The van der Waals surface area contributed by atoms with E-state index in [1.54, 1.807) is 20.9 Å². The van der Waals surface area contributed by atoms with E-state index < -0.39 is 17.5 Å². The van der Waals surface area contributed by atoms with Gasteiger partial charge in [0.2, 0.25) is 0 Å². The van der Waals surface area contributed by atoms with E-state index in [9.17, 15) is 13.2 Å². The molecule has 2 nitrogen and oxygen atoms in total. The number of hydrogen-bond acceptors (Lipinski definition) is 2. The average Bonchev–Trinajstić information content (AvgIpc) is 2.06. The quantitative estimate of drug-likeness (QED) is 0.508. The van der Waals surface area contributed by atoms with E-state index in [4.69, 9.17) is 11.6 Å². The molecular formula is C9H12ClF3N2. The molecule has 0 aromatic carbocycles. The summed E-state index contributed by atoms with van der Waals surface area (Å²) in [6.07, 6.45) is -3.04. The predicted molar refractivity (Wildman–Crippen MR) is 53.8 cm³/mol. The van der Waals surface area contributed by atoms with Crippen LogP contribution in [-0.4, -0.2) is 29.5 Å². The largest absolute Gasteiger partial charge is 0.433 e. The summed E-state index contributed by atoms with van der Waals surface area (Å²) in [4.78, 5) is 4.90. The van der Waals surface area contributed by atoms with Gasteiger partial charge in [-0.1, -0.05) is 25.4 Å². The molecule has 1 heterocycles. The van der Waals surface area contributed by atoms with Crippen LogP contribution in [0.5, 0.6) is 0 Å². The molecular weight excluding hydrogens is 229 g/mol. The maximum atomic E-state index is 12.6. The van der Waals surface area contributed by atoms with Gasteiger partial charge >= 0.3 is 6.18 Å². The Hall–Kier alpha value is -0.710. The summed E-state index contributed by atoms with van der Waals surface area (Å²) in [5.74, 6) is -0.239. The first-order chi connectivity index (χ1) is 6.73. The molecule has 0 aliphatic carbocycles. The molecule has 0 N–H and O–H groups in total. The van der Waals surface area contributed by atoms with Crippen molar-refractivity contribution in [1.82, 2.24) is 4.90 Å². The number of allylic oxidation sites excluding steroid dienone is 1. The van der Waals surface area contributed by atoms with Crippen LogP contribution in [0.15, 0.2) is 16.8 Å². The summed E-state index contributed by atoms with van der Waals surface area (Å²) in [6.45, 7) is 3.38. The Morgan fingerprint density at radius 2 is 2.00 bits per heavy atom. The van der Waals surface area contributed by atoms with E-state index in [-0.39, 0.29) is 11.5 Å². The standard InChI is InChI=1S/C9H12ClF3N2/c1-5(2)6-4-15(3)8(10)14-7(6)9(11,12)13/h4-5,8H,1-3H3. The van der Waals surface area contributed by atoms with Crippen molar-refractivity contribution in [3.05, 3.63) is 11.8 Å². The van der Waals surface area contributed by atoms with E-state index in [0.717, 1.165) is 0 Å². The van der Waals surface area contributed by atoms with Gasteiger partial charge in [-0.2, -0.15) is 13.2 Å². The predicted octanol–water partition coefficient (Wildman–Crippen LogP) is 3.00. The fourth-order valence-corrected chi connectivity index (χ4v) is 1.43. The normalized spacial score (nSPS) is 22.9. The summed E-state index contributed by atoms with van der Waals surface area (Å²) < 4.78 is 37.8. The Morgan fingerprint density at radius 1 is 1.47 bits per heavy atom. The molecule has 15 heavy (non-hydrogen) atoms. The van der Waals surface area contributed by atoms with Crippen LogP contribution in [0.2, 0.25) is 0 Å². The van der Waals surface area contributed by atoms with E-state index >= 15 is 0 Å². The van der Waals surface area contributed by atoms with Gasteiger partial charge < -0.3 is 4.90 Å². The van der Waals surface area contributed by atoms with Gasteiger partial charge in [0.05, 0.1) is 0 Å². The first-order valence-electron chi connectivity index (χ1n) is 4.46. The topological polar surface area (TPSA) is 15.6 Å².